The van der Waals surface area contributed by atoms with Crippen LogP contribution in [0, 0.1) is 11.8 Å². The Bertz CT molecular complexity index is 658. The van der Waals surface area contributed by atoms with Crippen molar-refractivity contribution in [2.24, 2.45) is 11.8 Å². The number of nitrogens with one attached hydrogen (secondary N) is 2. The third kappa shape index (κ3) is 5.28. The fourth-order valence-corrected chi connectivity index (χ4v) is 5.32. The molecule has 2 rings (SSSR count). The van der Waals surface area contributed by atoms with Crippen molar-refractivity contribution in [2.45, 2.75) is 83.3 Å². The Morgan fingerprint density at radius 1 is 1.34 bits per heavy atom. The number of carbonyl (C=O) groups is 3. The number of rotatable bonds is 7. The summed E-state index contributed by atoms with van der Waals surface area (Å²) in [6.45, 7) is 16.3. The molecule has 0 aromatic carbocycles. The molecule has 0 spiro atoms. The first-order valence-corrected chi connectivity index (χ1v) is 13.4. The lowest BCUT2D eigenvalue weighted by atomic mass is 9.70. The average molecular weight is 425 g/mol. The van der Waals surface area contributed by atoms with Crippen LogP contribution in [0.1, 0.15) is 47.0 Å². The summed E-state index contributed by atoms with van der Waals surface area (Å²) in [6, 6.07) is -0.829. The van der Waals surface area contributed by atoms with Gasteiger partial charge >= 0.3 is 6.09 Å². The van der Waals surface area contributed by atoms with Gasteiger partial charge in [-0.15, -0.1) is 0 Å². The highest BCUT2D eigenvalue weighted by Crippen LogP contribution is 2.40. The van der Waals surface area contributed by atoms with E-state index in [4.69, 9.17) is 9.16 Å². The van der Waals surface area contributed by atoms with Gasteiger partial charge in [0.2, 0.25) is 5.91 Å². The molecule has 2 aliphatic rings. The van der Waals surface area contributed by atoms with Gasteiger partial charge in [-0.05, 0) is 37.9 Å². The van der Waals surface area contributed by atoms with Gasteiger partial charge in [0.1, 0.15) is 6.61 Å². The SMILES string of the molecule is C=CCOC(=O)N[C@@H]1CCC[C@H]([C@H]2NC(=O)[C@@H]2[C@@H](C)O[Si](C)(C)C(C)(C)C)C1=O. The number of Topliss-reactive ketones (excluding diaryl/α,β-unsaturated/α-hetero) is 1. The molecule has 1 aliphatic heterocycles. The van der Waals surface area contributed by atoms with E-state index in [0.29, 0.717) is 12.8 Å². The van der Waals surface area contributed by atoms with Crippen molar-refractivity contribution in [3.05, 3.63) is 12.7 Å². The van der Waals surface area contributed by atoms with Crippen molar-refractivity contribution in [2.75, 3.05) is 6.61 Å². The van der Waals surface area contributed by atoms with Gasteiger partial charge in [0.15, 0.2) is 14.1 Å². The molecule has 2 N–H and O–H groups in total. The summed E-state index contributed by atoms with van der Waals surface area (Å²) in [5.41, 5.74) is 0. The van der Waals surface area contributed by atoms with Crippen molar-refractivity contribution < 1.29 is 23.5 Å². The molecule has 0 aromatic heterocycles. The molecule has 1 saturated heterocycles. The molecular formula is C21H36N2O5Si. The molecule has 2 fully saturated rings. The molecule has 1 heterocycles. The van der Waals surface area contributed by atoms with E-state index in [9.17, 15) is 14.4 Å². The minimum Gasteiger partial charge on any atom is -0.445 e. The minimum atomic E-state index is -2.03. The Hall–Kier alpha value is -1.67. The molecule has 2 amide bonds. The zero-order valence-electron chi connectivity index (χ0n) is 18.5. The first-order valence-electron chi connectivity index (χ1n) is 10.4. The summed E-state index contributed by atoms with van der Waals surface area (Å²) in [5.74, 6) is -0.762. The smallest absolute Gasteiger partial charge is 0.408 e. The maximum atomic E-state index is 13.0. The monoisotopic (exact) mass is 424 g/mol. The summed E-state index contributed by atoms with van der Waals surface area (Å²) in [7, 11) is -2.03. The lowest BCUT2D eigenvalue weighted by molar-refractivity contribution is -0.146. The average Bonchev–Trinajstić information content (AvgIpc) is 2.58. The lowest BCUT2D eigenvalue weighted by Crippen LogP contribution is -2.68. The van der Waals surface area contributed by atoms with Gasteiger partial charge in [-0.3, -0.25) is 9.59 Å². The molecule has 0 aromatic rings. The van der Waals surface area contributed by atoms with E-state index in [1.807, 2.05) is 6.92 Å². The lowest BCUT2D eigenvalue weighted by Gasteiger charge is -2.48. The van der Waals surface area contributed by atoms with Crippen LogP contribution >= 0.6 is 0 Å². The predicted molar refractivity (Wildman–Crippen MR) is 114 cm³/mol. The van der Waals surface area contributed by atoms with Crippen molar-refractivity contribution >= 4 is 26.1 Å². The van der Waals surface area contributed by atoms with Gasteiger partial charge in [0.05, 0.1) is 24.1 Å². The van der Waals surface area contributed by atoms with Crippen LogP contribution in [0.15, 0.2) is 12.7 Å². The summed E-state index contributed by atoms with van der Waals surface area (Å²) in [4.78, 5) is 37.2. The summed E-state index contributed by atoms with van der Waals surface area (Å²) in [5, 5.41) is 5.62. The first kappa shape index (κ1) is 23.6. The van der Waals surface area contributed by atoms with Crippen LogP contribution in [0.3, 0.4) is 0 Å². The van der Waals surface area contributed by atoms with E-state index in [1.165, 1.54) is 6.08 Å². The van der Waals surface area contributed by atoms with Crippen LogP contribution in [0.25, 0.3) is 0 Å². The van der Waals surface area contributed by atoms with E-state index in [2.05, 4.69) is 51.1 Å². The predicted octanol–water partition coefficient (Wildman–Crippen LogP) is 3.16. The van der Waals surface area contributed by atoms with Crippen LogP contribution in [0.4, 0.5) is 4.79 Å². The highest BCUT2D eigenvalue weighted by molar-refractivity contribution is 6.74. The molecule has 8 heteroatoms. The molecule has 0 unspecified atom stereocenters. The van der Waals surface area contributed by atoms with Crippen molar-refractivity contribution in [3.63, 3.8) is 0 Å². The van der Waals surface area contributed by atoms with E-state index in [1.54, 1.807) is 0 Å². The number of alkyl carbamates (subject to hydrolysis) is 1. The number of β-lactam (4-membered cyclic amide) rings is 1. The highest BCUT2D eigenvalue weighted by atomic mass is 28.4. The van der Waals surface area contributed by atoms with Gasteiger partial charge in [-0.2, -0.15) is 0 Å². The molecule has 164 valence electrons. The number of carbonyl (C=O) groups excluding carboxylic acids is 3. The molecule has 0 radical (unpaired) electrons. The Kier molecular flexibility index (Phi) is 7.32. The van der Waals surface area contributed by atoms with Crippen molar-refractivity contribution in [1.82, 2.24) is 10.6 Å². The first-order chi connectivity index (χ1) is 13.4. The van der Waals surface area contributed by atoms with Crippen molar-refractivity contribution in [3.8, 4) is 0 Å². The molecule has 1 saturated carbocycles. The third-order valence-corrected chi connectivity index (χ3v) is 11.1. The Morgan fingerprint density at radius 2 is 2.00 bits per heavy atom. The minimum absolute atomic E-state index is 0.0401. The number of ether oxygens (including phenoxy) is 1. The zero-order valence-corrected chi connectivity index (χ0v) is 19.5. The highest BCUT2D eigenvalue weighted by Gasteiger charge is 2.52. The van der Waals surface area contributed by atoms with Gasteiger partial charge in [-0.1, -0.05) is 39.8 Å². The number of ketones is 1. The maximum Gasteiger partial charge on any atom is 0.408 e. The Labute approximate surface area is 175 Å². The summed E-state index contributed by atoms with van der Waals surface area (Å²) in [6.07, 6.45) is 2.69. The van der Waals surface area contributed by atoms with Crippen LogP contribution in [-0.2, 0) is 18.8 Å². The fraction of sp³-hybridized carbons (Fsp3) is 0.762. The van der Waals surface area contributed by atoms with E-state index in [0.717, 1.165) is 6.42 Å². The largest absolute Gasteiger partial charge is 0.445 e. The third-order valence-electron chi connectivity index (χ3n) is 6.57. The fourth-order valence-electron chi connectivity index (χ4n) is 3.89. The van der Waals surface area contributed by atoms with E-state index in [-0.39, 0.29) is 47.3 Å². The van der Waals surface area contributed by atoms with Crippen LogP contribution in [-0.4, -0.2) is 50.9 Å². The molecule has 29 heavy (non-hydrogen) atoms. The number of hydrogen-bond acceptors (Lipinski definition) is 5. The van der Waals surface area contributed by atoms with Gasteiger partial charge in [0, 0.05) is 5.92 Å². The second-order valence-electron chi connectivity index (χ2n) is 9.67. The van der Waals surface area contributed by atoms with Crippen LogP contribution < -0.4 is 10.6 Å². The van der Waals surface area contributed by atoms with Gasteiger partial charge in [-0.25, -0.2) is 4.79 Å². The zero-order chi connectivity index (χ0) is 22.0. The number of hydrogen-bond donors (Lipinski definition) is 2. The molecule has 0 bridgehead atoms. The standard InChI is InChI=1S/C21H36N2O5Si/c1-8-12-27-20(26)22-15-11-9-10-14(18(15)24)17-16(19(25)23-17)13(2)28-29(6,7)21(3,4)5/h8,13-17H,1,9-12H2,2-7H3,(H,22,26)(H,23,25)/t13-,14-,15-,16-,17-/m1/s1. The molecular weight excluding hydrogens is 388 g/mol. The van der Waals surface area contributed by atoms with Crippen LogP contribution in [0.2, 0.25) is 18.1 Å². The van der Waals surface area contributed by atoms with E-state index < -0.39 is 20.5 Å². The Morgan fingerprint density at radius 3 is 2.55 bits per heavy atom. The summed E-state index contributed by atoms with van der Waals surface area (Å²) >= 11 is 0. The van der Waals surface area contributed by atoms with E-state index >= 15 is 0 Å². The Balaban J connectivity index is 2.05. The van der Waals surface area contributed by atoms with Gasteiger partial charge < -0.3 is 19.8 Å². The van der Waals surface area contributed by atoms with Crippen LogP contribution in [0.5, 0.6) is 0 Å². The second-order valence-corrected chi connectivity index (χ2v) is 14.4. The maximum absolute atomic E-state index is 13.0. The summed E-state index contributed by atoms with van der Waals surface area (Å²) < 4.78 is 11.4. The van der Waals surface area contributed by atoms with Crippen molar-refractivity contribution in [1.29, 1.82) is 0 Å². The quantitative estimate of drug-likeness (QED) is 0.372. The molecule has 7 nitrogen and oxygen atoms in total. The number of amides is 2. The second kappa shape index (κ2) is 9.00. The topological polar surface area (TPSA) is 93.7 Å². The molecule has 1 aliphatic carbocycles. The normalized spacial score (nSPS) is 28.8. The van der Waals surface area contributed by atoms with Gasteiger partial charge in [0.25, 0.3) is 0 Å². The molecule has 5 atom stereocenters.